The number of rotatable bonds is 7. The van der Waals surface area contributed by atoms with Gasteiger partial charge < -0.3 is 16.0 Å². The third-order valence-corrected chi connectivity index (χ3v) is 4.40. The first-order valence-electron chi connectivity index (χ1n) is 9.33. The number of carbonyl (C=O) groups excluding carboxylic acids is 2. The Hall–Kier alpha value is -3.79. The highest BCUT2D eigenvalue weighted by atomic mass is 16.2. The van der Waals surface area contributed by atoms with Gasteiger partial charge in [0.1, 0.15) is 11.6 Å². The van der Waals surface area contributed by atoms with Crippen LogP contribution >= 0.6 is 0 Å². The average molecular weight is 391 g/mol. The summed E-state index contributed by atoms with van der Waals surface area (Å²) in [5.41, 5.74) is 8.14. The Labute approximate surface area is 171 Å². The summed E-state index contributed by atoms with van der Waals surface area (Å²) in [7, 11) is 0. The molecule has 2 aromatic carbocycles. The van der Waals surface area contributed by atoms with Crippen molar-refractivity contribution in [1.82, 2.24) is 0 Å². The van der Waals surface area contributed by atoms with Crippen LogP contribution in [0.3, 0.4) is 0 Å². The molecule has 0 unspecified atom stereocenters. The van der Waals surface area contributed by atoms with E-state index in [2.05, 4.69) is 24.1 Å². The lowest BCUT2D eigenvalue weighted by atomic mass is 10.2. The molecule has 0 saturated carbocycles. The summed E-state index contributed by atoms with van der Waals surface area (Å²) in [6, 6.07) is 15.8. The van der Waals surface area contributed by atoms with Crippen molar-refractivity contribution in [3.8, 4) is 6.07 Å². The van der Waals surface area contributed by atoms with Crippen molar-refractivity contribution in [3.63, 3.8) is 0 Å². The molecule has 2 amide bonds. The second-order valence-corrected chi connectivity index (χ2v) is 6.28. The molecule has 0 aliphatic carbocycles. The average Bonchev–Trinajstić information content (AvgIpc) is 2.72. The van der Waals surface area contributed by atoms with E-state index in [1.807, 2.05) is 30.3 Å². The fourth-order valence-electron chi connectivity index (χ4n) is 2.84. The molecule has 150 valence electrons. The second kappa shape index (κ2) is 9.95. The first-order chi connectivity index (χ1) is 13.9. The molecule has 7 nitrogen and oxygen atoms in total. The zero-order valence-corrected chi connectivity index (χ0v) is 16.8. The van der Waals surface area contributed by atoms with E-state index in [1.54, 1.807) is 24.3 Å². The molecule has 0 heterocycles. The van der Waals surface area contributed by atoms with Crippen LogP contribution in [0.2, 0.25) is 0 Å². The first kappa shape index (κ1) is 21.5. The van der Waals surface area contributed by atoms with Crippen molar-refractivity contribution in [2.75, 3.05) is 33.9 Å². The van der Waals surface area contributed by atoms with Crippen molar-refractivity contribution >= 4 is 34.6 Å². The lowest BCUT2D eigenvalue weighted by Crippen LogP contribution is -2.36. The number of amides is 2. The number of nitrogens with one attached hydrogen (secondary N) is 1. The van der Waals surface area contributed by atoms with Crippen LogP contribution in [0.5, 0.6) is 0 Å². The minimum atomic E-state index is -0.711. The molecule has 0 atom stereocenters. The third-order valence-electron chi connectivity index (χ3n) is 4.40. The molecule has 0 fully saturated rings. The van der Waals surface area contributed by atoms with Crippen molar-refractivity contribution in [2.24, 2.45) is 0 Å². The van der Waals surface area contributed by atoms with Crippen molar-refractivity contribution in [2.45, 2.75) is 20.8 Å². The Bertz CT molecular complexity index is 923. The standard InChI is InChI=1S/C22H25N5O2/c1-4-26(5-2)20-12-8-19(9-13-20)25-15-17(14-23)22(29)27(16(3)28)21-10-6-18(24)7-11-21/h6-13,15,25H,4-5,24H2,1-3H3/b17-15-. The number of nitrogens with two attached hydrogens (primary N) is 1. The van der Waals surface area contributed by atoms with Gasteiger partial charge in [-0.1, -0.05) is 0 Å². The smallest absolute Gasteiger partial charge is 0.277 e. The van der Waals surface area contributed by atoms with E-state index in [1.165, 1.54) is 13.1 Å². The maximum atomic E-state index is 12.8. The number of imide groups is 1. The summed E-state index contributed by atoms with van der Waals surface area (Å²) < 4.78 is 0. The molecule has 0 saturated heterocycles. The van der Waals surface area contributed by atoms with Gasteiger partial charge in [-0.05, 0) is 62.4 Å². The van der Waals surface area contributed by atoms with Gasteiger partial charge in [-0.15, -0.1) is 0 Å². The summed E-state index contributed by atoms with van der Waals surface area (Å²) >= 11 is 0. The Morgan fingerprint density at radius 1 is 1.03 bits per heavy atom. The number of carbonyl (C=O) groups is 2. The Morgan fingerprint density at radius 3 is 2.07 bits per heavy atom. The molecular formula is C22H25N5O2. The van der Waals surface area contributed by atoms with Gasteiger partial charge in [-0.3, -0.25) is 9.59 Å². The highest BCUT2D eigenvalue weighted by Crippen LogP contribution is 2.20. The van der Waals surface area contributed by atoms with Gasteiger partial charge in [0.25, 0.3) is 5.91 Å². The van der Waals surface area contributed by atoms with Crippen LogP contribution in [0, 0.1) is 11.3 Å². The maximum absolute atomic E-state index is 12.8. The van der Waals surface area contributed by atoms with Crippen molar-refractivity contribution < 1.29 is 9.59 Å². The number of nitrogens with zero attached hydrogens (tertiary/aromatic N) is 3. The molecule has 0 aliphatic rings. The van der Waals surface area contributed by atoms with E-state index < -0.39 is 11.8 Å². The first-order valence-corrected chi connectivity index (χ1v) is 9.33. The number of nitrogen functional groups attached to an aromatic ring is 1. The van der Waals surface area contributed by atoms with Gasteiger partial charge in [0, 0.05) is 43.3 Å². The summed E-state index contributed by atoms with van der Waals surface area (Å²) in [5.74, 6) is -1.21. The highest BCUT2D eigenvalue weighted by Gasteiger charge is 2.23. The summed E-state index contributed by atoms with van der Waals surface area (Å²) in [5, 5.41) is 12.4. The number of benzene rings is 2. The van der Waals surface area contributed by atoms with E-state index in [0.29, 0.717) is 11.4 Å². The Kier molecular flexibility index (Phi) is 7.38. The lowest BCUT2D eigenvalue weighted by Gasteiger charge is -2.21. The maximum Gasteiger partial charge on any atom is 0.277 e. The SMILES string of the molecule is CCN(CC)c1ccc(N/C=C(/C#N)C(=O)N(C(C)=O)c2ccc(N)cc2)cc1. The molecule has 0 aromatic heterocycles. The quantitative estimate of drug-likeness (QED) is 0.425. The third kappa shape index (κ3) is 5.36. The Balaban J connectivity index is 2.21. The molecule has 3 N–H and O–H groups in total. The summed E-state index contributed by atoms with van der Waals surface area (Å²) in [6.07, 6.45) is 1.31. The topological polar surface area (TPSA) is 102 Å². The van der Waals surface area contributed by atoms with Gasteiger partial charge in [-0.25, -0.2) is 4.90 Å². The number of hydrogen-bond donors (Lipinski definition) is 2. The molecule has 7 heteroatoms. The minimum absolute atomic E-state index is 0.190. The predicted octanol–water partition coefficient (Wildman–Crippen LogP) is 3.51. The Morgan fingerprint density at radius 2 is 1.59 bits per heavy atom. The number of nitriles is 1. The zero-order chi connectivity index (χ0) is 21.4. The molecule has 2 aromatic rings. The highest BCUT2D eigenvalue weighted by molar-refractivity contribution is 6.21. The molecule has 0 spiro atoms. The normalized spacial score (nSPS) is 10.8. The summed E-state index contributed by atoms with van der Waals surface area (Å²) in [6.45, 7) is 7.25. The zero-order valence-electron chi connectivity index (χ0n) is 16.8. The molecule has 0 radical (unpaired) electrons. The largest absolute Gasteiger partial charge is 0.399 e. The fraction of sp³-hybridized carbons (Fsp3) is 0.227. The van der Waals surface area contributed by atoms with Crippen LogP contribution in [-0.2, 0) is 9.59 Å². The van der Waals surface area contributed by atoms with E-state index in [9.17, 15) is 14.9 Å². The fourth-order valence-corrected chi connectivity index (χ4v) is 2.84. The van der Waals surface area contributed by atoms with Gasteiger partial charge in [-0.2, -0.15) is 5.26 Å². The van der Waals surface area contributed by atoms with Gasteiger partial charge >= 0.3 is 0 Å². The predicted molar refractivity (Wildman–Crippen MR) is 116 cm³/mol. The van der Waals surface area contributed by atoms with Crippen molar-refractivity contribution in [3.05, 3.63) is 60.3 Å². The van der Waals surface area contributed by atoms with Crippen LogP contribution in [0.4, 0.5) is 22.7 Å². The molecule has 0 aliphatic heterocycles. The molecule has 2 rings (SSSR count). The van der Waals surface area contributed by atoms with E-state index in [4.69, 9.17) is 5.73 Å². The molecule has 0 bridgehead atoms. The van der Waals surface area contributed by atoms with Gasteiger partial charge in [0.05, 0.1) is 5.69 Å². The number of anilines is 4. The summed E-state index contributed by atoms with van der Waals surface area (Å²) in [4.78, 5) is 28.0. The molecule has 29 heavy (non-hydrogen) atoms. The van der Waals surface area contributed by atoms with Crippen molar-refractivity contribution in [1.29, 1.82) is 5.26 Å². The monoisotopic (exact) mass is 391 g/mol. The lowest BCUT2D eigenvalue weighted by molar-refractivity contribution is -0.123. The van der Waals surface area contributed by atoms with E-state index in [-0.39, 0.29) is 5.57 Å². The van der Waals surface area contributed by atoms with Gasteiger partial charge in [0.15, 0.2) is 0 Å². The van der Waals surface area contributed by atoms with E-state index >= 15 is 0 Å². The second-order valence-electron chi connectivity index (χ2n) is 6.28. The van der Waals surface area contributed by atoms with Crippen LogP contribution in [0.1, 0.15) is 20.8 Å². The van der Waals surface area contributed by atoms with Gasteiger partial charge in [0.2, 0.25) is 5.91 Å². The van der Waals surface area contributed by atoms with E-state index in [0.717, 1.165) is 29.4 Å². The van der Waals surface area contributed by atoms with Crippen LogP contribution in [-0.4, -0.2) is 24.9 Å². The number of hydrogen-bond acceptors (Lipinski definition) is 6. The van der Waals surface area contributed by atoms with Crippen LogP contribution in [0.15, 0.2) is 60.3 Å². The van der Waals surface area contributed by atoms with Crippen LogP contribution in [0.25, 0.3) is 0 Å². The molecular weight excluding hydrogens is 366 g/mol. The van der Waals surface area contributed by atoms with Crippen LogP contribution < -0.4 is 20.9 Å². The minimum Gasteiger partial charge on any atom is -0.399 e.